The van der Waals surface area contributed by atoms with Gasteiger partial charge in [-0.15, -0.1) is 0 Å². The number of hydrogen-bond donors (Lipinski definition) is 3. The largest absolute Gasteiger partial charge is 0.503 e. The predicted molar refractivity (Wildman–Crippen MR) is 144 cm³/mol. The molecule has 10 heteroatoms. The molecule has 33 heavy (non-hydrogen) atoms. The molecule has 0 spiro atoms. The summed E-state index contributed by atoms with van der Waals surface area (Å²) in [7, 11) is 2.75. The molecule has 2 aromatic rings. The molecule has 1 aliphatic carbocycles. The van der Waals surface area contributed by atoms with Crippen molar-refractivity contribution in [2.75, 3.05) is 14.2 Å². The van der Waals surface area contributed by atoms with Gasteiger partial charge >= 0.3 is 5.97 Å². The van der Waals surface area contributed by atoms with Crippen LogP contribution in [0.2, 0.25) is 0 Å². The summed E-state index contributed by atoms with van der Waals surface area (Å²) in [5.41, 5.74) is 2.03. The van der Waals surface area contributed by atoms with E-state index in [9.17, 15) is 19.8 Å². The first-order valence-electron chi connectivity index (χ1n) is 9.43. The molecule has 0 aromatic heterocycles. The SMILES string of the molecule is COc1c2oc3c(OC)c(O)c(I)cc3c(-c3ccc(CS)cc3C(=O)O)c-2cc(I)c1=O. The molecule has 0 atom stereocenters. The number of halogens is 2. The summed E-state index contributed by atoms with van der Waals surface area (Å²) in [6.45, 7) is 0. The van der Waals surface area contributed by atoms with E-state index in [4.69, 9.17) is 13.9 Å². The third-order valence-corrected chi connectivity index (χ3v) is 7.21. The van der Waals surface area contributed by atoms with Crippen LogP contribution >= 0.6 is 57.8 Å². The Morgan fingerprint density at radius 1 is 1.06 bits per heavy atom. The first kappa shape index (κ1) is 24.0. The van der Waals surface area contributed by atoms with Crippen LogP contribution in [0.5, 0.6) is 17.2 Å². The van der Waals surface area contributed by atoms with Gasteiger partial charge in [-0.05, 0) is 74.5 Å². The lowest BCUT2D eigenvalue weighted by atomic mass is 9.89. The summed E-state index contributed by atoms with van der Waals surface area (Å²) in [5.74, 6) is -0.703. The second-order valence-electron chi connectivity index (χ2n) is 7.03. The van der Waals surface area contributed by atoms with Gasteiger partial charge in [0.25, 0.3) is 0 Å². The normalized spacial score (nSPS) is 11.2. The van der Waals surface area contributed by atoms with E-state index < -0.39 is 5.97 Å². The smallest absolute Gasteiger partial charge is 0.336 e. The number of aromatic hydroxyl groups is 1. The van der Waals surface area contributed by atoms with Crippen molar-refractivity contribution in [1.82, 2.24) is 0 Å². The molecular weight excluding hydrogens is 674 g/mol. The zero-order valence-electron chi connectivity index (χ0n) is 17.2. The van der Waals surface area contributed by atoms with E-state index in [0.717, 1.165) is 5.56 Å². The number of fused-ring (bicyclic) bond motifs is 2. The molecule has 2 aromatic carbocycles. The molecule has 0 amide bonds. The van der Waals surface area contributed by atoms with Crippen molar-refractivity contribution in [3.05, 3.63) is 58.8 Å². The number of ether oxygens (including phenoxy) is 2. The van der Waals surface area contributed by atoms with Crippen LogP contribution < -0.4 is 14.9 Å². The van der Waals surface area contributed by atoms with Crippen LogP contribution in [0.4, 0.5) is 0 Å². The molecule has 2 aliphatic rings. The molecular formula is C23H16I2O7S. The van der Waals surface area contributed by atoms with Gasteiger partial charge in [0.1, 0.15) is 0 Å². The monoisotopic (exact) mass is 690 g/mol. The fraction of sp³-hybridized carbons (Fsp3) is 0.130. The number of hydrogen-bond acceptors (Lipinski definition) is 7. The van der Waals surface area contributed by atoms with Crippen LogP contribution in [0.1, 0.15) is 15.9 Å². The summed E-state index contributed by atoms with van der Waals surface area (Å²) < 4.78 is 17.8. The first-order chi connectivity index (χ1) is 15.7. The molecule has 0 unspecified atom stereocenters. The van der Waals surface area contributed by atoms with Gasteiger partial charge in [-0.3, -0.25) is 4.79 Å². The second-order valence-corrected chi connectivity index (χ2v) is 9.68. The molecule has 0 fully saturated rings. The number of phenols is 1. The fourth-order valence-electron chi connectivity index (χ4n) is 3.76. The number of rotatable bonds is 5. The molecule has 0 saturated heterocycles. The van der Waals surface area contributed by atoms with Crippen molar-refractivity contribution in [3.8, 4) is 39.7 Å². The number of phenolic OH excluding ortho intramolecular Hbond substituents is 1. The zero-order valence-corrected chi connectivity index (χ0v) is 22.4. The minimum atomic E-state index is -1.11. The van der Waals surface area contributed by atoms with Crippen LogP contribution in [-0.2, 0) is 5.75 Å². The van der Waals surface area contributed by atoms with Crippen LogP contribution in [0.15, 0.2) is 39.5 Å². The molecule has 170 valence electrons. The van der Waals surface area contributed by atoms with E-state index in [1.54, 1.807) is 30.3 Å². The van der Waals surface area contributed by atoms with Crippen molar-refractivity contribution in [1.29, 1.82) is 0 Å². The lowest BCUT2D eigenvalue weighted by molar-refractivity contribution is 0.0697. The van der Waals surface area contributed by atoms with Gasteiger partial charge in [0.2, 0.25) is 16.9 Å². The lowest BCUT2D eigenvalue weighted by Crippen LogP contribution is -2.12. The van der Waals surface area contributed by atoms with Gasteiger partial charge in [0.05, 0.1) is 26.9 Å². The maximum atomic E-state index is 12.8. The van der Waals surface area contributed by atoms with Gasteiger partial charge in [-0.1, -0.05) is 12.1 Å². The van der Waals surface area contributed by atoms with Crippen molar-refractivity contribution in [3.63, 3.8) is 0 Å². The van der Waals surface area contributed by atoms with Crippen LogP contribution in [0.25, 0.3) is 33.4 Å². The van der Waals surface area contributed by atoms with Crippen molar-refractivity contribution >= 4 is 74.7 Å². The molecule has 4 rings (SSSR count). The lowest BCUT2D eigenvalue weighted by Gasteiger charge is -2.20. The number of carboxylic acid groups (broad SMARTS) is 1. The Kier molecular flexibility index (Phi) is 6.69. The summed E-state index contributed by atoms with van der Waals surface area (Å²) in [6, 6.07) is 8.40. The highest BCUT2D eigenvalue weighted by Gasteiger charge is 2.29. The Morgan fingerprint density at radius 3 is 2.36 bits per heavy atom. The Bertz CT molecular complexity index is 1460. The van der Waals surface area contributed by atoms with Gasteiger partial charge in [0.15, 0.2) is 17.1 Å². The van der Waals surface area contributed by atoms with E-state index in [0.29, 0.717) is 35.0 Å². The highest BCUT2D eigenvalue weighted by molar-refractivity contribution is 14.1. The molecule has 0 radical (unpaired) electrons. The van der Waals surface area contributed by atoms with E-state index >= 15 is 0 Å². The fourth-order valence-corrected chi connectivity index (χ4v) is 5.07. The minimum absolute atomic E-state index is 0.0241. The summed E-state index contributed by atoms with van der Waals surface area (Å²) >= 11 is 8.14. The van der Waals surface area contributed by atoms with Gasteiger partial charge < -0.3 is 24.1 Å². The van der Waals surface area contributed by atoms with Gasteiger partial charge in [-0.2, -0.15) is 12.6 Å². The van der Waals surface area contributed by atoms with E-state index in [2.05, 4.69) is 12.6 Å². The van der Waals surface area contributed by atoms with E-state index in [1.165, 1.54) is 14.2 Å². The second kappa shape index (κ2) is 9.22. The third-order valence-electron chi connectivity index (χ3n) is 5.23. The van der Waals surface area contributed by atoms with Crippen LogP contribution in [0, 0.1) is 7.14 Å². The van der Waals surface area contributed by atoms with Crippen molar-refractivity contribution < 1.29 is 28.9 Å². The number of aromatic carboxylic acids is 1. The Labute approximate surface area is 220 Å². The number of methoxy groups -OCH3 is 2. The van der Waals surface area contributed by atoms with E-state index in [-0.39, 0.29) is 39.6 Å². The topological polar surface area (TPSA) is 106 Å². The first-order valence-corrected chi connectivity index (χ1v) is 12.2. The summed E-state index contributed by atoms with van der Waals surface area (Å²) in [4.78, 5) is 25.0. The predicted octanol–water partition coefficient (Wildman–Crippen LogP) is 5.62. The average Bonchev–Trinajstić information content (AvgIpc) is 2.80. The molecule has 7 nitrogen and oxygen atoms in total. The van der Waals surface area contributed by atoms with Gasteiger partial charge in [0, 0.05) is 22.3 Å². The van der Waals surface area contributed by atoms with Gasteiger partial charge in [-0.25, -0.2) is 4.79 Å². The number of carboxylic acids is 1. The number of benzene rings is 3. The molecule has 1 aliphatic heterocycles. The highest BCUT2D eigenvalue weighted by atomic mass is 127. The average molecular weight is 690 g/mol. The Morgan fingerprint density at radius 2 is 1.76 bits per heavy atom. The van der Waals surface area contributed by atoms with Crippen molar-refractivity contribution in [2.45, 2.75) is 5.75 Å². The molecule has 1 heterocycles. The Hall–Kier alpha value is -2.19. The maximum Gasteiger partial charge on any atom is 0.336 e. The zero-order chi connectivity index (χ0) is 24.0. The molecule has 0 saturated carbocycles. The Balaban J connectivity index is 2.32. The van der Waals surface area contributed by atoms with Crippen molar-refractivity contribution in [2.24, 2.45) is 0 Å². The number of thiol groups is 1. The van der Waals surface area contributed by atoms with Crippen LogP contribution in [0.3, 0.4) is 0 Å². The van der Waals surface area contributed by atoms with Crippen LogP contribution in [-0.4, -0.2) is 30.4 Å². The third kappa shape index (κ3) is 3.91. The minimum Gasteiger partial charge on any atom is -0.503 e. The standard InChI is InChI=1S/C23H16I2O7S/c1-30-21-17(26)14(24)6-12-16(10-4-3-9(8-33)5-11(10)23(28)29)13-7-15(25)18(27)22(31-2)20(13)32-19(12)21/h3-7,26,33H,8H2,1-2H3,(H,28,29). The quantitative estimate of drug-likeness (QED) is 0.142. The summed E-state index contributed by atoms with van der Waals surface area (Å²) in [5, 5.41) is 21.1. The van der Waals surface area contributed by atoms with E-state index in [1.807, 2.05) is 45.2 Å². The highest BCUT2D eigenvalue weighted by Crippen LogP contribution is 2.49. The molecule has 2 N–H and O–H groups in total. The maximum absolute atomic E-state index is 12.8. The number of carbonyl (C=O) groups is 1. The summed E-state index contributed by atoms with van der Waals surface area (Å²) in [6.07, 6.45) is 0. The molecule has 0 bridgehead atoms.